The normalized spacial score (nSPS) is 30.3. The lowest BCUT2D eigenvalue weighted by molar-refractivity contribution is 0.0902. The van der Waals surface area contributed by atoms with Crippen LogP contribution in [-0.2, 0) is 0 Å². The maximum atomic E-state index is 13.6. The number of ether oxygens (including phenoxy) is 1. The van der Waals surface area contributed by atoms with Gasteiger partial charge in [-0.25, -0.2) is 4.39 Å². The molecule has 118 valence electrons. The van der Waals surface area contributed by atoms with Crippen LogP contribution >= 0.6 is 11.8 Å². The van der Waals surface area contributed by atoms with Crippen LogP contribution in [0.15, 0.2) is 18.2 Å². The van der Waals surface area contributed by atoms with Gasteiger partial charge in [0.15, 0.2) is 5.78 Å². The van der Waals surface area contributed by atoms with Crippen LogP contribution in [0.5, 0.6) is 5.75 Å². The van der Waals surface area contributed by atoms with E-state index in [1.165, 1.54) is 37.8 Å². The molecule has 2 atom stereocenters. The van der Waals surface area contributed by atoms with E-state index in [4.69, 9.17) is 4.74 Å². The number of hydrogen-bond acceptors (Lipinski definition) is 3. The number of Topliss-reactive ketones (excluding diaryl/α,β-unsaturated/α-hetero) is 1. The molecule has 1 saturated carbocycles. The number of carbonyl (C=O) groups excluding carboxylic acids is 1. The molecule has 2 bridgehead atoms. The van der Waals surface area contributed by atoms with Crippen LogP contribution in [0.1, 0.15) is 48.9 Å². The monoisotopic (exact) mass is 320 g/mol. The highest BCUT2D eigenvalue weighted by Crippen LogP contribution is 2.47. The van der Waals surface area contributed by atoms with Crippen molar-refractivity contribution in [2.45, 2.75) is 49.0 Å². The Morgan fingerprint density at radius 2 is 1.91 bits per heavy atom. The molecule has 2 aliphatic heterocycles. The molecule has 1 aromatic rings. The van der Waals surface area contributed by atoms with Crippen LogP contribution in [0.4, 0.5) is 4.39 Å². The molecule has 3 aliphatic rings. The minimum atomic E-state index is -0.352. The highest BCUT2D eigenvalue weighted by Gasteiger charge is 2.38. The summed E-state index contributed by atoms with van der Waals surface area (Å²) >= 11 is 2.04. The summed E-state index contributed by atoms with van der Waals surface area (Å²) in [5, 5.41) is 1.24. The molecular weight excluding hydrogens is 299 g/mol. The fourth-order valence-electron chi connectivity index (χ4n) is 3.60. The van der Waals surface area contributed by atoms with Gasteiger partial charge in [-0.05, 0) is 62.6 Å². The Labute approximate surface area is 134 Å². The lowest BCUT2D eigenvalue weighted by Gasteiger charge is -2.26. The van der Waals surface area contributed by atoms with Crippen molar-refractivity contribution in [3.05, 3.63) is 29.6 Å². The minimum Gasteiger partial charge on any atom is -0.493 e. The Morgan fingerprint density at radius 3 is 2.59 bits per heavy atom. The second-order valence-corrected chi connectivity index (χ2v) is 8.49. The van der Waals surface area contributed by atoms with Gasteiger partial charge in [-0.15, -0.1) is 0 Å². The average Bonchev–Trinajstić information content (AvgIpc) is 3.29. The zero-order valence-corrected chi connectivity index (χ0v) is 13.4. The van der Waals surface area contributed by atoms with Crippen molar-refractivity contribution >= 4 is 17.5 Å². The fourth-order valence-corrected chi connectivity index (χ4v) is 5.38. The summed E-state index contributed by atoms with van der Waals surface area (Å²) in [6, 6.07) is 4.38. The molecule has 0 N–H and O–H groups in total. The van der Waals surface area contributed by atoms with Gasteiger partial charge in [0.2, 0.25) is 0 Å². The summed E-state index contributed by atoms with van der Waals surface area (Å²) < 4.78 is 19.4. The van der Waals surface area contributed by atoms with E-state index in [9.17, 15) is 9.18 Å². The molecule has 2 heterocycles. The van der Waals surface area contributed by atoms with Crippen molar-refractivity contribution in [3.8, 4) is 5.75 Å². The predicted molar refractivity (Wildman–Crippen MR) is 86.1 cm³/mol. The largest absolute Gasteiger partial charge is 0.493 e. The Hall–Kier alpha value is -1.03. The summed E-state index contributed by atoms with van der Waals surface area (Å²) in [6.45, 7) is 0.650. The van der Waals surface area contributed by atoms with E-state index in [0.29, 0.717) is 34.3 Å². The summed E-state index contributed by atoms with van der Waals surface area (Å²) in [4.78, 5) is 12.9. The zero-order valence-electron chi connectivity index (χ0n) is 12.6. The van der Waals surface area contributed by atoms with Crippen LogP contribution in [0.2, 0.25) is 0 Å². The third-order valence-corrected chi connectivity index (χ3v) is 6.67. The number of thioether (sulfide) groups is 1. The van der Waals surface area contributed by atoms with Crippen molar-refractivity contribution in [2.24, 2.45) is 11.8 Å². The molecule has 2 nitrogen and oxygen atoms in total. The molecule has 4 rings (SSSR count). The zero-order chi connectivity index (χ0) is 15.1. The minimum absolute atomic E-state index is 0.0452. The second-order valence-electron chi connectivity index (χ2n) is 6.88. The van der Waals surface area contributed by atoms with Crippen molar-refractivity contribution in [1.29, 1.82) is 0 Å². The van der Waals surface area contributed by atoms with E-state index in [-0.39, 0.29) is 17.5 Å². The first-order chi connectivity index (χ1) is 10.7. The number of benzene rings is 1. The van der Waals surface area contributed by atoms with Crippen molar-refractivity contribution in [3.63, 3.8) is 0 Å². The Morgan fingerprint density at radius 1 is 1.18 bits per heavy atom. The van der Waals surface area contributed by atoms with Crippen molar-refractivity contribution in [1.82, 2.24) is 0 Å². The fraction of sp³-hybridized carbons (Fsp3) is 0.611. The Balaban J connectivity index is 1.54. The summed E-state index contributed by atoms with van der Waals surface area (Å²) in [5.41, 5.74) is 0.456. The Bertz CT molecular complexity index is 572. The third-order valence-electron chi connectivity index (χ3n) is 5.04. The number of fused-ring (bicyclic) bond motifs is 2. The van der Waals surface area contributed by atoms with E-state index in [2.05, 4.69) is 0 Å². The maximum absolute atomic E-state index is 13.6. The highest BCUT2D eigenvalue weighted by molar-refractivity contribution is 8.00. The number of hydrogen-bond donors (Lipinski definition) is 0. The van der Waals surface area contributed by atoms with Gasteiger partial charge < -0.3 is 4.74 Å². The lowest BCUT2D eigenvalue weighted by Crippen LogP contribution is -2.25. The summed E-state index contributed by atoms with van der Waals surface area (Å²) in [5.74, 6) is 0.973. The van der Waals surface area contributed by atoms with Gasteiger partial charge in [-0.1, -0.05) is 0 Å². The van der Waals surface area contributed by atoms with Gasteiger partial charge in [0.1, 0.15) is 11.6 Å². The molecule has 22 heavy (non-hydrogen) atoms. The molecule has 3 fully saturated rings. The second kappa shape index (κ2) is 5.88. The first-order valence-corrected chi connectivity index (χ1v) is 9.25. The van der Waals surface area contributed by atoms with Gasteiger partial charge >= 0.3 is 0 Å². The number of rotatable bonds is 5. The predicted octanol–water partition coefficient (Wildman–Crippen LogP) is 4.47. The quantitative estimate of drug-likeness (QED) is 0.749. The topological polar surface area (TPSA) is 26.3 Å². The van der Waals surface area contributed by atoms with Gasteiger partial charge in [0, 0.05) is 16.4 Å². The molecule has 0 radical (unpaired) electrons. The molecular formula is C18H21FO2S. The van der Waals surface area contributed by atoms with Gasteiger partial charge in [-0.2, -0.15) is 11.8 Å². The van der Waals surface area contributed by atoms with Crippen LogP contribution in [0.3, 0.4) is 0 Å². The smallest absolute Gasteiger partial charge is 0.169 e. The number of carbonyl (C=O) groups is 1. The van der Waals surface area contributed by atoms with E-state index in [1.54, 1.807) is 6.07 Å². The van der Waals surface area contributed by atoms with E-state index < -0.39 is 0 Å². The van der Waals surface area contributed by atoms with Crippen LogP contribution in [0.25, 0.3) is 0 Å². The number of halogens is 1. The highest BCUT2D eigenvalue weighted by atomic mass is 32.2. The summed E-state index contributed by atoms with van der Waals surface area (Å²) in [6.07, 6.45) is 6.75. The van der Waals surface area contributed by atoms with Crippen LogP contribution in [0, 0.1) is 17.7 Å². The maximum Gasteiger partial charge on any atom is 0.169 e. The molecule has 0 spiro atoms. The SMILES string of the molecule is O=C(c1cc(F)ccc1OCC1CC1)C1CC2CCC(C1)S2. The average molecular weight is 320 g/mol. The molecule has 4 heteroatoms. The van der Waals surface area contributed by atoms with E-state index >= 15 is 0 Å². The first-order valence-electron chi connectivity index (χ1n) is 8.31. The van der Waals surface area contributed by atoms with Gasteiger partial charge in [-0.3, -0.25) is 4.79 Å². The standard InChI is InChI=1S/C18H21FO2S/c19-13-3-6-17(21-10-11-1-2-11)16(9-13)18(20)12-7-14-4-5-15(8-12)22-14/h3,6,9,11-12,14-15H,1-2,4-5,7-8,10H2. The van der Waals surface area contributed by atoms with E-state index in [0.717, 1.165) is 12.8 Å². The van der Waals surface area contributed by atoms with Gasteiger partial charge in [0.25, 0.3) is 0 Å². The molecule has 2 saturated heterocycles. The third kappa shape index (κ3) is 3.03. The molecule has 1 aliphatic carbocycles. The van der Waals surface area contributed by atoms with Crippen molar-refractivity contribution < 1.29 is 13.9 Å². The van der Waals surface area contributed by atoms with Crippen molar-refractivity contribution in [2.75, 3.05) is 6.61 Å². The van der Waals surface area contributed by atoms with E-state index in [1.807, 2.05) is 11.8 Å². The number of ketones is 1. The molecule has 0 amide bonds. The lowest BCUT2D eigenvalue weighted by atomic mass is 9.90. The summed E-state index contributed by atoms with van der Waals surface area (Å²) in [7, 11) is 0. The molecule has 1 aromatic carbocycles. The first kappa shape index (κ1) is 14.6. The molecule has 2 unspecified atom stereocenters. The van der Waals surface area contributed by atoms with Crippen LogP contribution in [-0.4, -0.2) is 22.9 Å². The Kier molecular flexibility index (Phi) is 3.89. The molecule has 0 aromatic heterocycles. The van der Waals surface area contributed by atoms with Crippen LogP contribution < -0.4 is 4.74 Å². The van der Waals surface area contributed by atoms with Gasteiger partial charge in [0.05, 0.1) is 12.2 Å².